The van der Waals surface area contributed by atoms with Crippen LogP contribution in [0.15, 0.2) is 66.9 Å². The molecule has 1 amide bonds. The smallest absolute Gasteiger partial charge is 0.228 e. The third kappa shape index (κ3) is 7.83. The summed E-state index contributed by atoms with van der Waals surface area (Å²) in [4.78, 5) is 36.5. The number of H-pyrrole nitrogens is 1. The minimum absolute atomic E-state index is 0.00379. The topological polar surface area (TPSA) is 146 Å². The molecule has 3 heterocycles. The van der Waals surface area contributed by atoms with Gasteiger partial charge in [0.1, 0.15) is 11.6 Å². The SMILES string of the molecule is CN1CCN(c2cc(-c3ccc(C[C@H](CC(=O)C4CCC(CN)CC4)C(=O)Nc4ccc(-c5nn[nH]n5)cc4)cc3)ccn2)CC1. The zero-order valence-corrected chi connectivity index (χ0v) is 26.4. The van der Waals surface area contributed by atoms with Crippen LogP contribution in [0.2, 0.25) is 0 Å². The van der Waals surface area contributed by atoms with Gasteiger partial charge in [0.15, 0.2) is 0 Å². The van der Waals surface area contributed by atoms with E-state index in [4.69, 9.17) is 5.73 Å². The number of nitrogens with zero attached hydrogens (tertiary/aromatic N) is 6. The van der Waals surface area contributed by atoms with Crippen molar-refractivity contribution in [3.63, 3.8) is 0 Å². The Morgan fingerprint density at radius 3 is 2.33 bits per heavy atom. The van der Waals surface area contributed by atoms with E-state index < -0.39 is 5.92 Å². The number of rotatable bonds is 11. The number of pyridine rings is 1. The molecule has 2 aliphatic rings. The molecule has 11 heteroatoms. The maximum Gasteiger partial charge on any atom is 0.228 e. The lowest BCUT2D eigenvalue weighted by molar-refractivity contribution is -0.129. The Morgan fingerprint density at radius 1 is 0.935 bits per heavy atom. The van der Waals surface area contributed by atoms with Crippen LogP contribution in [-0.4, -0.2) is 82.0 Å². The van der Waals surface area contributed by atoms with E-state index in [0.29, 0.717) is 30.4 Å². The highest BCUT2D eigenvalue weighted by Crippen LogP contribution is 2.31. The number of amides is 1. The fourth-order valence-corrected chi connectivity index (χ4v) is 6.54. The summed E-state index contributed by atoms with van der Waals surface area (Å²) < 4.78 is 0. The number of Topliss-reactive ketones (excluding diaryl/α,β-unsaturated/α-hetero) is 1. The third-order valence-electron chi connectivity index (χ3n) is 9.55. The van der Waals surface area contributed by atoms with Crippen LogP contribution in [0.25, 0.3) is 22.5 Å². The number of piperazine rings is 1. The summed E-state index contributed by atoms with van der Waals surface area (Å²) in [6.45, 7) is 4.65. The standard InChI is InChI=1S/C35H43N9O2/c1-43-16-18-44(19-17-43)33-22-29(14-15-37-33)26-6-2-24(3-7-26)20-30(21-32(45)27-8-4-25(23-36)5-9-27)35(46)38-31-12-10-28(11-13-31)34-39-41-42-40-34/h2-3,6-7,10-15,22,25,27,30H,4-5,8-9,16-21,23,36H2,1H3,(H,38,46)(H,39,40,41,42)/t25?,27?,30-/m1/s1. The molecule has 1 saturated carbocycles. The molecular formula is C35H43N9O2. The Balaban J connectivity index is 1.15. The number of hydrogen-bond acceptors (Lipinski definition) is 9. The molecule has 0 radical (unpaired) electrons. The van der Waals surface area contributed by atoms with Crippen LogP contribution in [-0.2, 0) is 16.0 Å². The molecule has 11 nitrogen and oxygen atoms in total. The molecule has 1 aliphatic heterocycles. The van der Waals surface area contributed by atoms with E-state index in [-0.39, 0.29) is 24.0 Å². The average Bonchev–Trinajstić information content (AvgIpc) is 3.64. The van der Waals surface area contributed by atoms with Crippen LogP contribution in [0.1, 0.15) is 37.7 Å². The Hall–Kier alpha value is -4.48. The molecule has 6 rings (SSSR count). The fourth-order valence-electron chi connectivity index (χ4n) is 6.54. The fraction of sp³-hybridized carbons (Fsp3) is 0.429. The highest BCUT2D eigenvalue weighted by molar-refractivity contribution is 5.96. The monoisotopic (exact) mass is 621 g/mol. The largest absolute Gasteiger partial charge is 0.354 e. The number of hydrogen-bond donors (Lipinski definition) is 3. The van der Waals surface area contributed by atoms with Crippen LogP contribution >= 0.6 is 0 Å². The lowest BCUT2D eigenvalue weighted by Crippen LogP contribution is -2.44. The quantitative estimate of drug-likeness (QED) is 0.224. The van der Waals surface area contributed by atoms with E-state index in [1.807, 2.05) is 36.5 Å². The molecule has 2 aromatic heterocycles. The van der Waals surface area contributed by atoms with Gasteiger partial charge in [0.2, 0.25) is 11.7 Å². The molecule has 0 bridgehead atoms. The predicted octanol–water partition coefficient (Wildman–Crippen LogP) is 4.20. The van der Waals surface area contributed by atoms with Crippen molar-refractivity contribution in [2.24, 2.45) is 23.5 Å². The molecular weight excluding hydrogens is 578 g/mol. The normalized spacial score (nSPS) is 19.5. The number of aromatic amines is 1. The lowest BCUT2D eigenvalue weighted by Gasteiger charge is -2.33. The Bertz CT molecular complexity index is 1580. The van der Waals surface area contributed by atoms with Gasteiger partial charge in [0, 0.05) is 61.9 Å². The van der Waals surface area contributed by atoms with Crippen molar-refractivity contribution >= 4 is 23.2 Å². The van der Waals surface area contributed by atoms with Crippen molar-refractivity contribution in [2.75, 3.05) is 50.0 Å². The minimum atomic E-state index is -0.493. The first-order chi connectivity index (χ1) is 22.4. The third-order valence-corrected chi connectivity index (χ3v) is 9.55. The Morgan fingerprint density at radius 2 is 1.65 bits per heavy atom. The summed E-state index contributed by atoms with van der Waals surface area (Å²) in [5.74, 6) is 1.49. The molecule has 240 valence electrons. The van der Waals surface area contributed by atoms with E-state index >= 15 is 0 Å². The first kappa shape index (κ1) is 31.5. The Labute approximate surface area is 270 Å². The molecule has 0 spiro atoms. The van der Waals surface area contributed by atoms with Gasteiger partial charge in [-0.1, -0.05) is 24.3 Å². The van der Waals surface area contributed by atoms with Crippen molar-refractivity contribution in [1.82, 2.24) is 30.5 Å². The van der Waals surface area contributed by atoms with E-state index in [9.17, 15) is 9.59 Å². The second-order valence-electron chi connectivity index (χ2n) is 12.7. The van der Waals surface area contributed by atoms with Gasteiger partial charge in [-0.05, 0) is 110 Å². The van der Waals surface area contributed by atoms with Crippen LogP contribution < -0.4 is 16.0 Å². The average molecular weight is 622 g/mol. The molecule has 46 heavy (non-hydrogen) atoms. The van der Waals surface area contributed by atoms with Gasteiger partial charge in [-0.15, -0.1) is 10.2 Å². The summed E-state index contributed by atoms with van der Waals surface area (Å²) in [7, 11) is 2.15. The number of benzene rings is 2. The molecule has 2 aromatic carbocycles. The first-order valence-electron chi connectivity index (χ1n) is 16.3. The molecule has 0 unspecified atom stereocenters. The number of likely N-dealkylation sites (N-methyl/N-ethyl adjacent to an activating group) is 1. The van der Waals surface area contributed by atoms with E-state index in [1.54, 1.807) is 0 Å². The van der Waals surface area contributed by atoms with Gasteiger partial charge in [-0.3, -0.25) is 9.59 Å². The van der Waals surface area contributed by atoms with Gasteiger partial charge in [0.25, 0.3) is 0 Å². The molecule has 1 atom stereocenters. The summed E-state index contributed by atoms with van der Waals surface area (Å²) in [6, 6.07) is 19.8. The number of carbonyl (C=O) groups excluding carboxylic acids is 2. The van der Waals surface area contributed by atoms with Crippen molar-refractivity contribution in [3.8, 4) is 22.5 Å². The second-order valence-corrected chi connectivity index (χ2v) is 12.7. The van der Waals surface area contributed by atoms with Crippen LogP contribution in [0, 0.1) is 17.8 Å². The van der Waals surface area contributed by atoms with Crippen molar-refractivity contribution in [1.29, 1.82) is 0 Å². The zero-order valence-electron chi connectivity index (χ0n) is 26.4. The van der Waals surface area contributed by atoms with Crippen LogP contribution in [0.5, 0.6) is 0 Å². The molecule has 4 aromatic rings. The number of aromatic nitrogens is 5. The van der Waals surface area contributed by atoms with Gasteiger partial charge in [-0.25, -0.2) is 4.98 Å². The number of anilines is 2. The maximum absolute atomic E-state index is 13.7. The van der Waals surface area contributed by atoms with Gasteiger partial charge >= 0.3 is 0 Å². The second kappa shape index (κ2) is 14.7. The highest BCUT2D eigenvalue weighted by Gasteiger charge is 2.30. The molecule has 4 N–H and O–H groups in total. The number of nitrogens with two attached hydrogens (primary N) is 1. The zero-order chi connectivity index (χ0) is 31.9. The van der Waals surface area contributed by atoms with Crippen molar-refractivity contribution < 1.29 is 9.59 Å². The number of carbonyl (C=O) groups is 2. The Kier molecular flexibility index (Phi) is 10.1. The first-order valence-corrected chi connectivity index (χ1v) is 16.3. The number of tetrazole rings is 1. The minimum Gasteiger partial charge on any atom is -0.354 e. The van der Waals surface area contributed by atoms with Gasteiger partial charge < -0.3 is 20.9 Å². The van der Waals surface area contributed by atoms with Gasteiger partial charge in [-0.2, -0.15) is 5.21 Å². The summed E-state index contributed by atoms with van der Waals surface area (Å²) in [5.41, 5.74) is 10.5. The van der Waals surface area contributed by atoms with E-state index in [2.05, 4.69) is 78.1 Å². The predicted molar refractivity (Wildman–Crippen MR) is 179 cm³/mol. The van der Waals surface area contributed by atoms with Crippen LogP contribution in [0.3, 0.4) is 0 Å². The highest BCUT2D eigenvalue weighted by atomic mass is 16.2. The summed E-state index contributed by atoms with van der Waals surface area (Å²) in [6.07, 6.45) is 6.21. The van der Waals surface area contributed by atoms with Crippen LogP contribution in [0.4, 0.5) is 11.5 Å². The molecule has 1 saturated heterocycles. The number of ketones is 1. The van der Waals surface area contributed by atoms with E-state index in [0.717, 1.165) is 79.9 Å². The molecule has 1 aliphatic carbocycles. The maximum atomic E-state index is 13.7. The van der Waals surface area contributed by atoms with Gasteiger partial charge in [0.05, 0.1) is 0 Å². The van der Waals surface area contributed by atoms with E-state index in [1.165, 1.54) is 0 Å². The number of nitrogens with one attached hydrogen (secondary N) is 2. The van der Waals surface area contributed by atoms with Crippen molar-refractivity contribution in [3.05, 3.63) is 72.4 Å². The summed E-state index contributed by atoms with van der Waals surface area (Å²) in [5, 5.41) is 17.1. The summed E-state index contributed by atoms with van der Waals surface area (Å²) >= 11 is 0. The van der Waals surface area contributed by atoms with Crippen molar-refractivity contribution in [2.45, 2.75) is 38.5 Å². The molecule has 2 fully saturated rings. The lowest BCUT2D eigenvalue weighted by atomic mass is 9.77.